The number of amides is 1. The Balaban J connectivity index is 2.33. The standard InChI is InChI=1S/C10H9F3INO2/c11-10(12,13)6-15-9(16)5-17-8-3-1-2-7(14)4-8/h1-4H,5-6H2,(H,15,16). The third-order valence-electron chi connectivity index (χ3n) is 1.65. The van der Waals surface area contributed by atoms with Crippen LogP contribution < -0.4 is 10.1 Å². The molecule has 7 heteroatoms. The number of benzene rings is 1. The van der Waals surface area contributed by atoms with Crippen molar-refractivity contribution in [3.05, 3.63) is 27.8 Å². The molecule has 1 aromatic rings. The van der Waals surface area contributed by atoms with Gasteiger partial charge in [-0.15, -0.1) is 0 Å². The monoisotopic (exact) mass is 359 g/mol. The van der Waals surface area contributed by atoms with Crippen LogP contribution in [0.2, 0.25) is 0 Å². The fourth-order valence-electron chi connectivity index (χ4n) is 0.956. The average molecular weight is 359 g/mol. The molecule has 1 N–H and O–H groups in total. The molecule has 0 aromatic heterocycles. The number of alkyl halides is 3. The van der Waals surface area contributed by atoms with Gasteiger partial charge in [-0.25, -0.2) is 0 Å². The van der Waals surface area contributed by atoms with Gasteiger partial charge in [0.1, 0.15) is 12.3 Å². The van der Waals surface area contributed by atoms with Crippen LogP contribution in [0, 0.1) is 3.57 Å². The van der Waals surface area contributed by atoms with E-state index in [-0.39, 0.29) is 0 Å². The summed E-state index contributed by atoms with van der Waals surface area (Å²) in [5.74, 6) is -0.361. The van der Waals surface area contributed by atoms with E-state index in [4.69, 9.17) is 4.74 Å². The van der Waals surface area contributed by atoms with Crippen molar-refractivity contribution in [3.8, 4) is 5.75 Å². The molecule has 0 aliphatic rings. The molecule has 0 spiro atoms. The second-order valence-corrected chi connectivity index (χ2v) is 4.38. The van der Waals surface area contributed by atoms with E-state index >= 15 is 0 Å². The van der Waals surface area contributed by atoms with Gasteiger partial charge in [-0.2, -0.15) is 13.2 Å². The molecule has 0 unspecified atom stereocenters. The predicted molar refractivity (Wildman–Crippen MR) is 63.7 cm³/mol. The molecular formula is C10H9F3INO2. The number of hydrogen-bond donors (Lipinski definition) is 1. The zero-order valence-electron chi connectivity index (χ0n) is 8.55. The largest absolute Gasteiger partial charge is 0.484 e. The van der Waals surface area contributed by atoms with Crippen molar-refractivity contribution in [2.24, 2.45) is 0 Å². The molecule has 0 aliphatic heterocycles. The van der Waals surface area contributed by atoms with Crippen molar-refractivity contribution < 1.29 is 22.7 Å². The van der Waals surface area contributed by atoms with Crippen LogP contribution in [0.15, 0.2) is 24.3 Å². The van der Waals surface area contributed by atoms with Gasteiger partial charge < -0.3 is 10.1 Å². The van der Waals surface area contributed by atoms with Crippen LogP contribution in [0.3, 0.4) is 0 Å². The third-order valence-corrected chi connectivity index (χ3v) is 2.32. The van der Waals surface area contributed by atoms with Crippen LogP contribution in [0.4, 0.5) is 13.2 Å². The van der Waals surface area contributed by atoms with Crippen molar-refractivity contribution in [2.75, 3.05) is 13.2 Å². The van der Waals surface area contributed by atoms with Crippen LogP contribution in [0.25, 0.3) is 0 Å². The molecule has 0 heterocycles. The SMILES string of the molecule is O=C(COc1cccc(I)c1)NCC(F)(F)F. The van der Waals surface area contributed by atoms with Gasteiger partial charge in [0, 0.05) is 3.57 Å². The zero-order valence-corrected chi connectivity index (χ0v) is 10.7. The van der Waals surface area contributed by atoms with Gasteiger partial charge in [-0.05, 0) is 40.8 Å². The number of carbonyl (C=O) groups excluding carboxylic acids is 1. The molecular weight excluding hydrogens is 350 g/mol. The lowest BCUT2D eigenvalue weighted by molar-refractivity contribution is -0.139. The van der Waals surface area contributed by atoms with E-state index in [9.17, 15) is 18.0 Å². The first kappa shape index (κ1) is 14.1. The van der Waals surface area contributed by atoms with Crippen molar-refractivity contribution in [1.29, 1.82) is 0 Å². The highest BCUT2D eigenvalue weighted by atomic mass is 127. The Morgan fingerprint density at radius 1 is 1.41 bits per heavy atom. The molecule has 3 nitrogen and oxygen atoms in total. The molecule has 0 aliphatic carbocycles. The van der Waals surface area contributed by atoms with Gasteiger partial charge in [-0.3, -0.25) is 4.79 Å². The minimum Gasteiger partial charge on any atom is -0.484 e. The predicted octanol–water partition coefficient (Wildman–Crippen LogP) is 2.35. The minimum absolute atomic E-state index is 0.434. The van der Waals surface area contributed by atoms with Crippen LogP contribution >= 0.6 is 22.6 Å². The molecule has 0 saturated heterocycles. The number of nitrogens with one attached hydrogen (secondary N) is 1. The molecule has 0 atom stereocenters. The van der Waals surface area contributed by atoms with Crippen molar-refractivity contribution in [3.63, 3.8) is 0 Å². The highest BCUT2D eigenvalue weighted by molar-refractivity contribution is 14.1. The van der Waals surface area contributed by atoms with Crippen molar-refractivity contribution >= 4 is 28.5 Å². The van der Waals surface area contributed by atoms with Gasteiger partial charge >= 0.3 is 6.18 Å². The summed E-state index contributed by atoms with van der Waals surface area (Å²) >= 11 is 2.06. The Kier molecular flexibility index (Phi) is 5.03. The first-order valence-electron chi connectivity index (χ1n) is 4.58. The van der Waals surface area contributed by atoms with E-state index in [2.05, 4.69) is 22.6 Å². The average Bonchev–Trinajstić information content (AvgIpc) is 2.23. The molecule has 94 valence electrons. The molecule has 1 amide bonds. The highest BCUT2D eigenvalue weighted by Crippen LogP contribution is 2.15. The quantitative estimate of drug-likeness (QED) is 0.839. The Morgan fingerprint density at radius 3 is 2.71 bits per heavy atom. The van der Waals surface area contributed by atoms with E-state index in [0.717, 1.165) is 3.57 Å². The Hall–Kier alpha value is -0.990. The van der Waals surface area contributed by atoms with Crippen molar-refractivity contribution in [1.82, 2.24) is 5.32 Å². The van der Waals surface area contributed by atoms with Crippen LogP contribution in [0.5, 0.6) is 5.75 Å². The van der Waals surface area contributed by atoms with Crippen LogP contribution in [-0.4, -0.2) is 25.2 Å². The first-order valence-corrected chi connectivity index (χ1v) is 5.66. The van der Waals surface area contributed by atoms with Crippen LogP contribution in [0.1, 0.15) is 0 Å². The summed E-state index contributed by atoms with van der Waals surface area (Å²) in [5.41, 5.74) is 0. The first-order chi connectivity index (χ1) is 7.87. The van der Waals surface area contributed by atoms with E-state index in [1.54, 1.807) is 23.5 Å². The summed E-state index contributed by atoms with van der Waals surface area (Å²) in [5, 5.41) is 1.72. The maximum atomic E-state index is 11.8. The normalized spacial score (nSPS) is 11.1. The topological polar surface area (TPSA) is 38.3 Å². The second kappa shape index (κ2) is 6.08. The van der Waals surface area contributed by atoms with Gasteiger partial charge in [0.15, 0.2) is 6.61 Å². The van der Waals surface area contributed by atoms with E-state index in [0.29, 0.717) is 5.75 Å². The molecule has 0 saturated carbocycles. The lowest BCUT2D eigenvalue weighted by atomic mass is 10.3. The molecule has 1 aromatic carbocycles. The summed E-state index contributed by atoms with van der Waals surface area (Å²) in [6.07, 6.45) is -4.40. The van der Waals surface area contributed by atoms with Gasteiger partial charge in [-0.1, -0.05) is 6.07 Å². The number of halogens is 4. The maximum absolute atomic E-state index is 11.8. The fourth-order valence-corrected chi connectivity index (χ4v) is 1.47. The summed E-state index contributed by atoms with van der Waals surface area (Å²) in [6.45, 7) is -1.78. The number of carbonyl (C=O) groups is 1. The Bertz CT molecular complexity index is 395. The zero-order chi connectivity index (χ0) is 12.9. The second-order valence-electron chi connectivity index (χ2n) is 3.14. The fraction of sp³-hybridized carbons (Fsp3) is 0.300. The van der Waals surface area contributed by atoms with Gasteiger partial charge in [0.05, 0.1) is 0 Å². The summed E-state index contributed by atoms with van der Waals surface area (Å²) in [7, 11) is 0. The lowest BCUT2D eigenvalue weighted by Gasteiger charge is -2.09. The summed E-state index contributed by atoms with van der Waals surface area (Å²) in [6, 6.07) is 6.86. The van der Waals surface area contributed by atoms with Crippen molar-refractivity contribution in [2.45, 2.75) is 6.18 Å². The molecule has 17 heavy (non-hydrogen) atoms. The third kappa shape index (κ3) is 6.35. The minimum atomic E-state index is -4.40. The molecule has 0 radical (unpaired) electrons. The molecule has 0 fully saturated rings. The van der Waals surface area contributed by atoms with Crippen LogP contribution in [-0.2, 0) is 4.79 Å². The Morgan fingerprint density at radius 2 is 2.12 bits per heavy atom. The maximum Gasteiger partial charge on any atom is 0.405 e. The summed E-state index contributed by atoms with van der Waals surface area (Å²) < 4.78 is 41.3. The van der Waals surface area contributed by atoms with E-state index in [1.807, 2.05) is 6.07 Å². The molecule has 0 bridgehead atoms. The number of ether oxygens (including phenoxy) is 1. The lowest BCUT2D eigenvalue weighted by Crippen LogP contribution is -2.36. The highest BCUT2D eigenvalue weighted by Gasteiger charge is 2.27. The number of hydrogen-bond acceptors (Lipinski definition) is 2. The van der Waals surface area contributed by atoms with Gasteiger partial charge in [0.2, 0.25) is 0 Å². The smallest absolute Gasteiger partial charge is 0.405 e. The number of rotatable bonds is 4. The summed E-state index contributed by atoms with van der Waals surface area (Å²) in [4.78, 5) is 11.0. The Labute approximate surface area is 109 Å². The van der Waals surface area contributed by atoms with Gasteiger partial charge in [0.25, 0.3) is 5.91 Å². The van der Waals surface area contributed by atoms with E-state index < -0.39 is 25.2 Å². The van der Waals surface area contributed by atoms with E-state index in [1.165, 1.54) is 0 Å². The molecule has 1 rings (SSSR count).